The lowest BCUT2D eigenvalue weighted by Crippen LogP contribution is -2.45. The summed E-state index contributed by atoms with van der Waals surface area (Å²) in [4.78, 5) is 13.4. The molecule has 3 aromatic rings. The van der Waals surface area contributed by atoms with Crippen LogP contribution in [-0.2, 0) is 6.42 Å². The van der Waals surface area contributed by atoms with Gasteiger partial charge in [0, 0.05) is 23.7 Å². The van der Waals surface area contributed by atoms with Crippen LogP contribution in [0.25, 0.3) is 17.3 Å². The van der Waals surface area contributed by atoms with Gasteiger partial charge in [0.15, 0.2) is 5.69 Å². The van der Waals surface area contributed by atoms with Crippen molar-refractivity contribution < 1.29 is 4.79 Å². The number of hydrogen-bond donors (Lipinski definition) is 1. The summed E-state index contributed by atoms with van der Waals surface area (Å²) in [7, 11) is 0. The average molecular weight is 495 g/mol. The minimum atomic E-state index is -0.142. The van der Waals surface area contributed by atoms with E-state index in [1.54, 1.807) is 0 Å². The molecule has 2 heterocycles. The molecule has 0 bridgehead atoms. The molecule has 1 aliphatic heterocycles. The van der Waals surface area contributed by atoms with E-state index in [2.05, 4.69) is 11.5 Å². The number of carbonyl (C=O) groups excluding carboxylic acids is 1. The van der Waals surface area contributed by atoms with Gasteiger partial charge in [-0.1, -0.05) is 53.9 Å². The van der Waals surface area contributed by atoms with Crippen LogP contribution in [-0.4, -0.2) is 33.8 Å². The number of benzene rings is 2. The first-order chi connectivity index (χ1) is 16.6. The van der Waals surface area contributed by atoms with E-state index in [0.717, 1.165) is 79.7 Å². The molecule has 2 aliphatic rings. The Morgan fingerprint density at radius 3 is 2.41 bits per heavy atom. The lowest BCUT2D eigenvalue weighted by molar-refractivity contribution is 0.0743. The van der Waals surface area contributed by atoms with Crippen molar-refractivity contribution in [2.45, 2.75) is 44.9 Å². The second-order valence-corrected chi connectivity index (χ2v) is 9.80. The van der Waals surface area contributed by atoms with E-state index >= 15 is 0 Å². The SMILES string of the molecule is O=C(NN1CCCCC1)c1nn(-c2ccccc2Cl)c2c1CCCC/C2=C\c1ccc(Cl)cc1. The molecule has 5 nitrogen and oxygen atoms in total. The van der Waals surface area contributed by atoms with Crippen molar-refractivity contribution in [1.82, 2.24) is 20.2 Å². The Balaban J connectivity index is 1.63. The van der Waals surface area contributed by atoms with Gasteiger partial charge in [-0.05, 0) is 80.0 Å². The summed E-state index contributed by atoms with van der Waals surface area (Å²) >= 11 is 12.7. The van der Waals surface area contributed by atoms with E-state index < -0.39 is 0 Å². The summed E-state index contributed by atoms with van der Waals surface area (Å²) in [6.07, 6.45) is 9.34. The Morgan fingerprint density at radius 2 is 1.65 bits per heavy atom. The van der Waals surface area contributed by atoms with Gasteiger partial charge in [0.05, 0.1) is 16.4 Å². The van der Waals surface area contributed by atoms with E-state index in [4.69, 9.17) is 28.3 Å². The number of nitrogens with zero attached hydrogens (tertiary/aromatic N) is 3. The minimum absolute atomic E-state index is 0.142. The lowest BCUT2D eigenvalue weighted by atomic mass is 10.0. The number of hydrazine groups is 1. The minimum Gasteiger partial charge on any atom is -0.283 e. The number of amides is 1. The Bertz CT molecular complexity index is 1210. The maximum Gasteiger partial charge on any atom is 0.286 e. The highest BCUT2D eigenvalue weighted by Gasteiger charge is 2.29. The highest BCUT2D eigenvalue weighted by atomic mass is 35.5. The molecule has 1 amide bonds. The van der Waals surface area contributed by atoms with Crippen LogP contribution in [0.2, 0.25) is 10.0 Å². The van der Waals surface area contributed by atoms with Crippen molar-refractivity contribution >= 4 is 40.8 Å². The predicted octanol–water partition coefficient (Wildman–Crippen LogP) is 6.58. The number of allylic oxidation sites excluding steroid dienone is 1. The van der Waals surface area contributed by atoms with Gasteiger partial charge >= 0.3 is 0 Å². The molecular formula is C27H28Cl2N4O. The number of rotatable bonds is 4. The van der Waals surface area contributed by atoms with Gasteiger partial charge in [0.1, 0.15) is 0 Å². The standard InChI is InChI=1S/C27H28Cl2N4O/c28-21-14-12-19(13-15-21)18-20-8-2-3-9-22-25(27(34)31-32-16-6-1-7-17-32)30-33(26(20)22)24-11-5-4-10-23(24)29/h4-5,10-15,18H,1-3,6-9,16-17H2,(H,31,34)/b20-18+. The number of fused-ring (bicyclic) bond motifs is 1. The molecule has 1 fully saturated rings. The van der Waals surface area contributed by atoms with Crippen molar-refractivity contribution in [3.63, 3.8) is 0 Å². The Hall–Kier alpha value is -2.60. The Kier molecular flexibility index (Phi) is 7.05. The van der Waals surface area contributed by atoms with Crippen molar-refractivity contribution in [3.05, 3.63) is 81.1 Å². The molecule has 0 atom stereocenters. The second kappa shape index (κ2) is 10.3. The van der Waals surface area contributed by atoms with Gasteiger partial charge in [-0.3, -0.25) is 10.2 Å². The van der Waals surface area contributed by atoms with Gasteiger partial charge < -0.3 is 0 Å². The molecule has 0 radical (unpaired) electrons. The summed E-state index contributed by atoms with van der Waals surface area (Å²) in [5, 5.41) is 8.20. The number of hydrogen-bond acceptors (Lipinski definition) is 3. The Labute approximate surface area is 210 Å². The number of carbonyl (C=O) groups is 1. The van der Waals surface area contributed by atoms with Crippen LogP contribution in [0.4, 0.5) is 0 Å². The Morgan fingerprint density at radius 1 is 0.912 bits per heavy atom. The van der Waals surface area contributed by atoms with Crippen LogP contribution in [0.3, 0.4) is 0 Å². The number of halogens is 2. The van der Waals surface area contributed by atoms with E-state index in [1.807, 2.05) is 58.2 Å². The zero-order chi connectivity index (χ0) is 23.5. The summed E-state index contributed by atoms with van der Waals surface area (Å²) in [5.41, 5.74) is 8.57. The van der Waals surface area contributed by atoms with Gasteiger partial charge in [-0.25, -0.2) is 9.69 Å². The molecule has 1 saturated heterocycles. The van der Waals surface area contributed by atoms with Crippen molar-refractivity contribution in [3.8, 4) is 5.69 Å². The fourth-order valence-corrected chi connectivity index (χ4v) is 5.18. The number of aromatic nitrogens is 2. The highest BCUT2D eigenvalue weighted by Crippen LogP contribution is 2.36. The third kappa shape index (κ3) is 4.92. The quantitative estimate of drug-likeness (QED) is 0.416. The fraction of sp³-hybridized carbons (Fsp3) is 0.333. The first kappa shape index (κ1) is 23.2. The molecule has 0 unspecified atom stereocenters. The molecule has 7 heteroatoms. The normalized spacial score (nSPS) is 17.9. The van der Waals surface area contributed by atoms with Gasteiger partial charge in [0.25, 0.3) is 5.91 Å². The third-order valence-corrected chi connectivity index (χ3v) is 7.10. The zero-order valence-electron chi connectivity index (χ0n) is 19.1. The summed E-state index contributed by atoms with van der Waals surface area (Å²) in [6, 6.07) is 15.5. The predicted molar refractivity (Wildman–Crippen MR) is 138 cm³/mol. The van der Waals surface area contributed by atoms with Crippen LogP contribution in [0.15, 0.2) is 48.5 Å². The smallest absolute Gasteiger partial charge is 0.283 e. The average Bonchev–Trinajstić information content (AvgIpc) is 3.10. The van der Waals surface area contributed by atoms with Crippen LogP contribution in [0.1, 0.15) is 65.8 Å². The number of para-hydroxylation sites is 1. The fourth-order valence-electron chi connectivity index (χ4n) is 4.84. The van der Waals surface area contributed by atoms with E-state index in [0.29, 0.717) is 15.7 Å². The van der Waals surface area contributed by atoms with Crippen LogP contribution >= 0.6 is 23.2 Å². The number of nitrogens with one attached hydrogen (secondary N) is 1. The largest absolute Gasteiger partial charge is 0.286 e. The summed E-state index contributed by atoms with van der Waals surface area (Å²) < 4.78 is 1.87. The highest BCUT2D eigenvalue weighted by molar-refractivity contribution is 6.32. The molecule has 176 valence electrons. The maximum atomic E-state index is 13.4. The molecule has 1 aliphatic carbocycles. The summed E-state index contributed by atoms with van der Waals surface area (Å²) in [6.45, 7) is 1.75. The van der Waals surface area contributed by atoms with E-state index in [9.17, 15) is 4.79 Å². The molecule has 2 aromatic carbocycles. The maximum absolute atomic E-state index is 13.4. The lowest BCUT2D eigenvalue weighted by Gasteiger charge is -2.26. The second-order valence-electron chi connectivity index (χ2n) is 8.96. The van der Waals surface area contributed by atoms with Crippen molar-refractivity contribution in [2.24, 2.45) is 0 Å². The molecule has 1 N–H and O–H groups in total. The number of piperidine rings is 1. The van der Waals surface area contributed by atoms with Crippen LogP contribution in [0.5, 0.6) is 0 Å². The monoisotopic (exact) mass is 494 g/mol. The van der Waals surface area contributed by atoms with Gasteiger partial charge in [-0.15, -0.1) is 0 Å². The summed E-state index contributed by atoms with van der Waals surface area (Å²) in [5.74, 6) is -0.142. The van der Waals surface area contributed by atoms with E-state index in [1.165, 1.54) is 6.42 Å². The molecule has 0 saturated carbocycles. The third-order valence-electron chi connectivity index (χ3n) is 6.53. The molecule has 1 aromatic heterocycles. The zero-order valence-corrected chi connectivity index (χ0v) is 20.6. The molecule has 5 rings (SSSR count). The van der Waals surface area contributed by atoms with Gasteiger partial charge in [-0.2, -0.15) is 5.10 Å². The molecular weight excluding hydrogens is 467 g/mol. The topological polar surface area (TPSA) is 50.2 Å². The van der Waals surface area contributed by atoms with Crippen molar-refractivity contribution in [1.29, 1.82) is 0 Å². The van der Waals surface area contributed by atoms with Crippen LogP contribution in [0, 0.1) is 0 Å². The van der Waals surface area contributed by atoms with Crippen LogP contribution < -0.4 is 5.43 Å². The molecule has 34 heavy (non-hydrogen) atoms. The first-order valence-electron chi connectivity index (χ1n) is 12.0. The van der Waals surface area contributed by atoms with Crippen molar-refractivity contribution in [2.75, 3.05) is 13.1 Å². The first-order valence-corrected chi connectivity index (χ1v) is 12.7. The van der Waals surface area contributed by atoms with Gasteiger partial charge in [0.2, 0.25) is 0 Å². The van der Waals surface area contributed by atoms with E-state index in [-0.39, 0.29) is 5.91 Å². The molecule has 0 spiro atoms.